The quantitative estimate of drug-likeness (QED) is 0.650. The first-order valence-electron chi connectivity index (χ1n) is 6.64. The fourth-order valence-corrected chi connectivity index (χ4v) is 2.81. The molecule has 0 bridgehead atoms. The number of hydrogen-bond acceptors (Lipinski definition) is 6. The maximum Gasteiger partial charge on any atom is 0.269 e. The monoisotopic (exact) mass is 302 g/mol. The number of hydrogen-bond donors (Lipinski definition) is 2. The van der Waals surface area contributed by atoms with Gasteiger partial charge in [-0.3, -0.25) is 15.5 Å². The summed E-state index contributed by atoms with van der Waals surface area (Å²) >= 11 is 1.49. The lowest BCUT2D eigenvalue weighted by atomic mass is 10.1. The summed E-state index contributed by atoms with van der Waals surface area (Å²) in [6.07, 6.45) is 5.55. The Morgan fingerprint density at radius 2 is 2.05 bits per heavy atom. The summed E-state index contributed by atoms with van der Waals surface area (Å²) < 4.78 is 0. The maximum atomic E-state index is 10.6. The van der Waals surface area contributed by atoms with Crippen LogP contribution in [-0.4, -0.2) is 9.91 Å². The zero-order chi connectivity index (χ0) is 14.7. The standard InChI is InChI=1S/C14H14N4O2S/c19-18(20)12-7-5-10(6-8-12)13-9-21-14(15-13)17-16-11-3-1-2-4-11/h3,5-9,16H,1-2,4H2,(H,15,17). The molecule has 1 aliphatic carbocycles. The number of nitrogens with zero attached hydrogens (tertiary/aromatic N) is 2. The predicted molar refractivity (Wildman–Crippen MR) is 82.9 cm³/mol. The topological polar surface area (TPSA) is 80.1 Å². The third kappa shape index (κ3) is 3.19. The number of thiazole rings is 1. The van der Waals surface area contributed by atoms with Gasteiger partial charge in [-0.15, -0.1) is 11.3 Å². The molecule has 6 nitrogen and oxygen atoms in total. The van der Waals surface area contributed by atoms with Crippen LogP contribution in [0.5, 0.6) is 0 Å². The van der Waals surface area contributed by atoms with E-state index in [1.165, 1.54) is 35.6 Å². The molecule has 108 valence electrons. The van der Waals surface area contributed by atoms with Gasteiger partial charge in [0.2, 0.25) is 5.13 Å². The Labute approximate surface area is 125 Å². The fraction of sp³-hybridized carbons (Fsp3) is 0.214. The average Bonchev–Trinajstić information content (AvgIpc) is 3.17. The minimum absolute atomic E-state index is 0.0853. The maximum absolute atomic E-state index is 10.6. The van der Waals surface area contributed by atoms with Crippen molar-refractivity contribution in [3.63, 3.8) is 0 Å². The summed E-state index contributed by atoms with van der Waals surface area (Å²) in [5.41, 5.74) is 9.20. The van der Waals surface area contributed by atoms with Crippen molar-refractivity contribution in [2.45, 2.75) is 19.3 Å². The lowest BCUT2D eigenvalue weighted by Crippen LogP contribution is -2.19. The summed E-state index contributed by atoms with van der Waals surface area (Å²) in [5, 5.41) is 13.3. The fourth-order valence-electron chi connectivity index (χ4n) is 2.14. The summed E-state index contributed by atoms with van der Waals surface area (Å²) in [6, 6.07) is 6.40. The minimum atomic E-state index is -0.406. The highest BCUT2D eigenvalue weighted by atomic mass is 32.1. The number of aromatic nitrogens is 1. The third-order valence-electron chi connectivity index (χ3n) is 3.25. The van der Waals surface area contributed by atoms with E-state index in [1.807, 2.05) is 5.38 Å². The molecule has 3 rings (SSSR count). The first-order valence-corrected chi connectivity index (χ1v) is 7.52. The Hall–Kier alpha value is -2.41. The van der Waals surface area contributed by atoms with Crippen molar-refractivity contribution in [1.82, 2.24) is 10.4 Å². The van der Waals surface area contributed by atoms with Crippen LogP contribution in [-0.2, 0) is 0 Å². The molecule has 2 aromatic rings. The van der Waals surface area contributed by atoms with Crippen LogP contribution >= 0.6 is 11.3 Å². The van der Waals surface area contributed by atoms with Gasteiger partial charge in [0, 0.05) is 28.8 Å². The van der Waals surface area contributed by atoms with Gasteiger partial charge in [0.05, 0.1) is 10.6 Å². The van der Waals surface area contributed by atoms with E-state index in [-0.39, 0.29) is 5.69 Å². The lowest BCUT2D eigenvalue weighted by Gasteiger charge is -2.06. The van der Waals surface area contributed by atoms with Gasteiger partial charge in [-0.1, -0.05) is 6.08 Å². The Balaban J connectivity index is 1.67. The van der Waals surface area contributed by atoms with Crippen LogP contribution in [0.4, 0.5) is 10.8 Å². The number of nitrogens with one attached hydrogen (secondary N) is 2. The normalized spacial score (nSPS) is 13.8. The first kappa shape index (κ1) is 13.6. The van der Waals surface area contributed by atoms with Gasteiger partial charge in [0.15, 0.2) is 0 Å². The van der Waals surface area contributed by atoms with Crippen LogP contribution in [0.2, 0.25) is 0 Å². The zero-order valence-corrected chi connectivity index (χ0v) is 12.0. The van der Waals surface area contributed by atoms with Gasteiger partial charge < -0.3 is 5.43 Å². The lowest BCUT2D eigenvalue weighted by molar-refractivity contribution is -0.384. The largest absolute Gasteiger partial charge is 0.303 e. The molecule has 0 saturated heterocycles. The molecule has 0 spiro atoms. The van der Waals surface area contributed by atoms with Crippen molar-refractivity contribution in [3.8, 4) is 11.3 Å². The highest BCUT2D eigenvalue weighted by Gasteiger charge is 2.09. The second-order valence-electron chi connectivity index (χ2n) is 4.71. The minimum Gasteiger partial charge on any atom is -0.303 e. The molecule has 0 amide bonds. The molecular weight excluding hydrogens is 288 g/mol. The van der Waals surface area contributed by atoms with Crippen molar-refractivity contribution >= 4 is 22.2 Å². The van der Waals surface area contributed by atoms with Gasteiger partial charge in [-0.25, -0.2) is 4.98 Å². The van der Waals surface area contributed by atoms with Crippen molar-refractivity contribution in [2.75, 3.05) is 5.43 Å². The molecular formula is C14H14N4O2S. The van der Waals surface area contributed by atoms with Crippen molar-refractivity contribution < 1.29 is 4.92 Å². The van der Waals surface area contributed by atoms with Gasteiger partial charge in [0.25, 0.3) is 5.69 Å². The molecule has 2 N–H and O–H groups in total. The Bertz CT molecular complexity index is 679. The molecule has 0 unspecified atom stereocenters. The first-order chi connectivity index (χ1) is 10.2. The average molecular weight is 302 g/mol. The van der Waals surface area contributed by atoms with Crippen LogP contribution in [0, 0.1) is 10.1 Å². The summed E-state index contributed by atoms with van der Waals surface area (Å²) in [5.74, 6) is 0. The highest BCUT2D eigenvalue weighted by Crippen LogP contribution is 2.26. The molecule has 0 radical (unpaired) electrons. The number of hydrazine groups is 1. The van der Waals surface area contributed by atoms with Crippen molar-refractivity contribution in [3.05, 3.63) is 51.5 Å². The Morgan fingerprint density at radius 1 is 1.24 bits per heavy atom. The predicted octanol–water partition coefficient (Wildman–Crippen LogP) is 3.70. The number of allylic oxidation sites excluding steroid dienone is 2. The number of nitro benzene ring substituents is 1. The molecule has 1 aromatic carbocycles. The molecule has 0 saturated carbocycles. The Kier molecular flexibility index (Phi) is 3.83. The van der Waals surface area contributed by atoms with Crippen LogP contribution in [0.3, 0.4) is 0 Å². The molecule has 1 heterocycles. The third-order valence-corrected chi connectivity index (χ3v) is 4.01. The van der Waals surface area contributed by atoms with E-state index in [1.54, 1.807) is 12.1 Å². The number of non-ortho nitro benzene ring substituents is 1. The smallest absolute Gasteiger partial charge is 0.269 e. The van der Waals surface area contributed by atoms with E-state index in [2.05, 4.69) is 21.9 Å². The molecule has 1 aromatic heterocycles. The molecule has 0 fully saturated rings. The highest BCUT2D eigenvalue weighted by molar-refractivity contribution is 7.14. The van der Waals surface area contributed by atoms with Crippen LogP contribution in [0.15, 0.2) is 41.4 Å². The van der Waals surface area contributed by atoms with Gasteiger partial charge in [0.1, 0.15) is 0 Å². The Morgan fingerprint density at radius 3 is 2.71 bits per heavy atom. The molecule has 1 aliphatic rings. The summed E-state index contributed by atoms with van der Waals surface area (Å²) in [7, 11) is 0. The SMILES string of the molecule is O=[N+]([O-])c1ccc(-c2csc(NNC3=CCCC3)n2)cc1. The van der Waals surface area contributed by atoms with E-state index >= 15 is 0 Å². The van der Waals surface area contributed by atoms with Gasteiger partial charge in [-0.2, -0.15) is 0 Å². The molecule has 7 heteroatoms. The second-order valence-corrected chi connectivity index (χ2v) is 5.57. The van der Waals surface area contributed by atoms with Crippen molar-refractivity contribution in [1.29, 1.82) is 0 Å². The van der Waals surface area contributed by atoms with E-state index < -0.39 is 4.92 Å². The molecule has 0 aliphatic heterocycles. The number of benzene rings is 1. The van der Waals surface area contributed by atoms with E-state index in [9.17, 15) is 10.1 Å². The van der Waals surface area contributed by atoms with E-state index in [0.717, 1.165) is 29.2 Å². The number of nitro groups is 1. The second kappa shape index (κ2) is 5.92. The van der Waals surface area contributed by atoms with E-state index in [4.69, 9.17) is 0 Å². The summed E-state index contributed by atoms with van der Waals surface area (Å²) in [6.45, 7) is 0. The molecule has 0 atom stereocenters. The van der Waals surface area contributed by atoms with E-state index in [0.29, 0.717) is 0 Å². The number of anilines is 1. The van der Waals surface area contributed by atoms with Crippen LogP contribution in [0.1, 0.15) is 19.3 Å². The van der Waals surface area contributed by atoms with Crippen molar-refractivity contribution in [2.24, 2.45) is 0 Å². The summed E-state index contributed by atoms with van der Waals surface area (Å²) in [4.78, 5) is 14.7. The molecule has 21 heavy (non-hydrogen) atoms. The van der Waals surface area contributed by atoms with Gasteiger partial charge in [-0.05, 0) is 31.4 Å². The van der Waals surface area contributed by atoms with Crippen LogP contribution in [0.25, 0.3) is 11.3 Å². The zero-order valence-electron chi connectivity index (χ0n) is 11.2. The number of rotatable bonds is 5. The van der Waals surface area contributed by atoms with Crippen LogP contribution < -0.4 is 10.9 Å². The van der Waals surface area contributed by atoms with Gasteiger partial charge >= 0.3 is 0 Å².